The van der Waals surface area contributed by atoms with Gasteiger partial charge in [-0.1, -0.05) is 6.92 Å². The Morgan fingerprint density at radius 2 is 2.05 bits per heavy atom. The van der Waals surface area contributed by atoms with E-state index in [-0.39, 0.29) is 59.6 Å². The molecule has 2 aromatic heterocycles. The molecule has 0 saturated carbocycles. The van der Waals surface area contributed by atoms with Crippen LogP contribution in [0.15, 0.2) is 23.1 Å². The minimum atomic E-state index is -0.717. The normalized spacial score (nSPS) is 21.2. The van der Waals surface area contributed by atoms with Crippen LogP contribution < -0.4 is 21.1 Å². The molecule has 0 spiro atoms. The molecule has 14 heteroatoms. The Labute approximate surface area is 230 Å². The zero-order valence-electron chi connectivity index (χ0n) is 23.1. The standard InChI is InChI=1S/C26H35F2N9O3/c1-15(13-38)14-40-22-9-18(27)20(10-21(22)37-25(39)35(4)33-34-37)31-24-29-12-19(28)23(32-24)30-16-8-17-6-5-7-36(17)26(2,3)11-16/h9-10,12,15-17,38H,5-8,11,13-14H2,1-4H3,(H2,29,30,31,32)/t15-,16-,17-/m1/s1. The van der Waals surface area contributed by atoms with Crippen LogP contribution in [-0.4, -0.2) is 77.1 Å². The van der Waals surface area contributed by atoms with Crippen LogP contribution in [0.25, 0.3) is 5.69 Å². The fourth-order valence-corrected chi connectivity index (χ4v) is 5.63. The van der Waals surface area contributed by atoms with Crippen molar-refractivity contribution in [1.29, 1.82) is 0 Å². The summed E-state index contributed by atoms with van der Waals surface area (Å²) in [4.78, 5) is 23.4. The van der Waals surface area contributed by atoms with Crippen molar-refractivity contribution >= 4 is 17.5 Å². The first-order valence-corrected chi connectivity index (χ1v) is 13.4. The number of aliphatic hydroxyl groups is 1. The molecule has 2 saturated heterocycles. The number of ether oxygens (including phenoxy) is 1. The van der Waals surface area contributed by atoms with Gasteiger partial charge < -0.3 is 20.5 Å². The van der Waals surface area contributed by atoms with Gasteiger partial charge in [0.1, 0.15) is 11.4 Å². The van der Waals surface area contributed by atoms with Gasteiger partial charge in [0.2, 0.25) is 5.95 Å². The Morgan fingerprint density at radius 1 is 1.25 bits per heavy atom. The molecule has 3 aromatic rings. The highest BCUT2D eigenvalue weighted by molar-refractivity contribution is 5.63. The number of piperidine rings is 1. The van der Waals surface area contributed by atoms with Crippen LogP contribution in [0.5, 0.6) is 5.75 Å². The second-order valence-electron chi connectivity index (χ2n) is 11.3. The SMILES string of the molecule is C[C@H](CO)COc1cc(F)c(Nc2ncc(F)c(N[C@@H]3C[C@H]4CCCN4C(C)(C)C3)n2)cc1-n1nnn(C)c1=O. The molecule has 4 heterocycles. The van der Waals surface area contributed by atoms with Crippen LogP contribution in [0.2, 0.25) is 0 Å². The molecule has 2 fully saturated rings. The number of tetrazole rings is 1. The second-order valence-corrected chi connectivity index (χ2v) is 11.3. The molecule has 2 aliphatic heterocycles. The summed E-state index contributed by atoms with van der Waals surface area (Å²) in [6.45, 7) is 7.22. The molecule has 12 nitrogen and oxygen atoms in total. The molecule has 3 N–H and O–H groups in total. The van der Waals surface area contributed by atoms with Crippen molar-refractivity contribution in [2.24, 2.45) is 13.0 Å². The molecule has 0 aliphatic carbocycles. The molecule has 2 aliphatic rings. The maximum absolute atomic E-state index is 15.2. The Balaban J connectivity index is 1.41. The number of nitrogens with one attached hydrogen (secondary N) is 2. The molecule has 0 radical (unpaired) electrons. The number of fused-ring (bicyclic) bond motifs is 1. The van der Waals surface area contributed by atoms with Crippen molar-refractivity contribution in [3.05, 3.63) is 40.4 Å². The summed E-state index contributed by atoms with van der Waals surface area (Å²) in [6, 6.07) is 2.89. The lowest BCUT2D eigenvalue weighted by Gasteiger charge is -2.47. The molecule has 0 amide bonds. The van der Waals surface area contributed by atoms with Gasteiger partial charge in [0, 0.05) is 43.3 Å². The predicted molar refractivity (Wildman–Crippen MR) is 144 cm³/mol. The van der Waals surface area contributed by atoms with Gasteiger partial charge in [0.15, 0.2) is 17.5 Å². The van der Waals surface area contributed by atoms with Crippen LogP contribution in [-0.2, 0) is 7.05 Å². The summed E-state index contributed by atoms with van der Waals surface area (Å²) in [5, 5.41) is 22.9. The summed E-state index contributed by atoms with van der Waals surface area (Å²) >= 11 is 0. The quantitative estimate of drug-likeness (QED) is 0.359. The molecule has 1 aromatic carbocycles. The van der Waals surface area contributed by atoms with E-state index in [2.05, 4.69) is 49.8 Å². The molecular weight excluding hydrogens is 524 g/mol. The lowest BCUT2D eigenvalue weighted by Crippen LogP contribution is -2.55. The van der Waals surface area contributed by atoms with E-state index in [4.69, 9.17) is 4.74 Å². The van der Waals surface area contributed by atoms with E-state index in [1.54, 1.807) is 6.92 Å². The number of halogens is 2. The molecule has 0 bridgehead atoms. The average Bonchev–Trinajstić information content (AvgIpc) is 3.52. The highest BCUT2D eigenvalue weighted by Gasteiger charge is 2.43. The second kappa shape index (κ2) is 11.1. The molecule has 5 rings (SSSR count). The Bertz CT molecular complexity index is 1430. The number of hydrogen-bond acceptors (Lipinski definition) is 10. The number of rotatable bonds is 9. The minimum Gasteiger partial charge on any atom is -0.491 e. The molecule has 40 heavy (non-hydrogen) atoms. The monoisotopic (exact) mass is 559 g/mol. The molecule has 0 unspecified atom stereocenters. The van der Waals surface area contributed by atoms with Crippen molar-refractivity contribution in [2.45, 2.75) is 64.1 Å². The third kappa shape index (κ3) is 5.63. The van der Waals surface area contributed by atoms with Crippen LogP contribution in [0.4, 0.5) is 26.2 Å². The van der Waals surface area contributed by atoms with Crippen molar-refractivity contribution in [2.75, 3.05) is 30.4 Å². The topological polar surface area (TPSA) is 135 Å². The zero-order chi connectivity index (χ0) is 28.6. The number of nitrogens with zero attached hydrogens (tertiary/aromatic N) is 7. The first kappa shape index (κ1) is 27.9. The highest BCUT2D eigenvalue weighted by Crippen LogP contribution is 2.38. The fraction of sp³-hybridized carbons (Fsp3) is 0.577. The third-order valence-corrected chi connectivity index (χ3v) is 7.62. The number of aliphatic hydroxyl groups excluding tert-OH is 1. The van der Waals surface area contributed by atoms with Crippen LogP contribution >= 0.6 is 0 Å². The Hall–Kier alpha value is -3.65. The summed E-state index contributed by atoms with van der Waals surface area (Å²) in [7, 11) is 1.43. The zero-order valence-corrected chi connectivity index (χ0v) is 23.1. The number of aryl methyl sites for hydroxylation is 1. The van der Waals surface area contributed by atoms with Crippen LogP contribution in [0.3, 0.4) is 0 Å². The summed E-state index contributed by atoms with van der Waals surface area (Å²) < 4.78 is 37.7. The maximum Gasteiger partial charge on any atom is 0.368 e. The first-order valence-electron chi connectivity index (χ1n) is 13.4. The largest absolute Gasteiger partial charge is 0.491 e. The average molecular weight is 560 g/mol. The van der Waals surface area contributed by atoms with Gasteiger partial charge in [-0.2, -0.15) is 14.3 Å². The molecule has 216 valence electrons. The van der Waals surface area contributed by atoms with Gasteiger partial charge >= 0.3 is 5.69 Å². The van der Waals surface area contributed by atoms with Crippen molar-refractivity contribution < 1.29 is 18.6 Å². The number of benzene rings is 1. The third-order valence-electron chi connectivity index (χ3n) is 7.62. The Kier molecular flexibility index (Phi) is 7.73. The molecular formula is C26H35F2N9O3. The van der Waals surface area contributed by atoms with Crippen LogP contribution in [0.1, 0.15) is 46.5 Å². The fourth-order valence-electron chi connectivity index (χ4n) is 5.63. The van der Waals surface area contributed by atoms with Crippen LogP contribution in [0, 0.1) is 17.6 Å². The van der Waals surface area contributed by atoms with Crippen molar-refractivity contribution in [3.63, 3.8) is 0 Å². The van der Waals surface area contributed by atoms with E-state index >= 15 is 4.39 Å². The van der Waals surface area contributed by atoms with Crippen molar-refractivity contribution in [3.8, 4) is 11.4 Å². The van der Waals surface area contributed by atoms with Gasteiger partial charge in [-0.15, -0.1) is 0 Å². The molecule has 3 atom stereocenters. The van der Waals surface area contributed by atoms with Gasteiger partial charge in [0.25, 0.3) is 0 Å². The number of aromatic nitrogens is 6. The number of anilines is 3. The van der Waals surface area contributed by atoms with E-state index in [0.717, 1.165) is 53.9 Å². The highest BCUT2D eigenvalue weighted by atomic mass is 19.1. The van der Waals surface area contributed by atoms with Gasteiger partial charge in [-0.05, 0) is 62.6 Å². The van der Waals surface area contributed by atoms with Crippen molar-refractivity contribution in [1.82, 2.24) is 34.7 Å². The van der Waals surface area contributed by atoms with E-state index in [0.29, 0.717) is 6.04 Å². The predicted octanol–water partition coefficient (Wildman–Crippen LogP) is 2.60. The smallest absolute Gasteiger partial charge is 0.368 e. The van der Waals surface area contributed by atoms with Gasteiger partial charge in [-0.3, -0.25) is 4.90 Å². The summed E-state index contributed by atoms with van der Waals surface area (Å²) in [5.41, 5.74) is -0.539. The van der Waals surface area contributed by atoms with Gasteiger partial charge in [0.05, 0.1) is 18.5 Å². The number of hydrogen-bond donors (Lipinski definition) is 3. The lowest BCUT2D eigenvalue weighted by atomic mass is 9.84. The Morgan fingerprint density at radius 3 is 2.77 bits per heavy atom. The van der Waals surface area contributed by atoms with E-state index in [1.807, 2.05) is 0 Å². The first-order chi connectivity index (χ1) is 19.1. The minimum absolute atomic E-state index is 0.0155. The summed E-state index contributed by atoms with van der Waals surface area (Å²) in [6.07, 6.45) is 5.03. The van der Waals surface area contributed by atoms with Gasteiger partial charge in [-0.25, -0.2) is 18.6 Å². The van der Waals surface area contributed by atoms with E-state index in [9.17, 15) is 14.3 Å². The maximum atomic E-state index is 15.2. The van der Waals surface area contributed by atoms with E-state index in [1.165, 1.54) is 13.1 Å². The summed E-state index contributed by atoms with van der Waals surface area (Å²) in [5.74, 6) is -1.50. The van der Waals surface area contributed by atoms with E-state index < -0.39 is 17.3 Å². The lowest BCUT2D eigenvalue weighted by molar-refractivity contribution is 0.0500.